The summed E-state index contributed by atoms with van der Waals surface area (Å²) in [6.07, 6.45) is 12.3. The number of likely N-dealkylation sites (tertiary alicyclic amines) is 1. The number of nitrogens with zero attached hydrogens (tertiary/aromatic N) is 2. The van der Waals surface area contributed by atoms with Gasteiger partial charge in [-0.3, -0.25) is 14.4 Å². The molecular weight excluding hydrogens is 394 g/mol. The van der Waals surface area contributed by atoms with E-state index in [-0.39, 0.29) is 29.6 Å². The number of rotatable bonds is 6. The van der Waals surface area contributed by atoms with E-state index in [2.05, 4.69) is 5.32 Å². The highest BCUT2D eigenvalue weighted by atomic mass is 16.3. The third-order valence-corrected chi connectivity index (χ3v) is 6.88. The van der Waals surface area contributed by atoms with Gasteiger partial charge in [0.25, 0.3) is 11.8 Å². The molecule has 0 bridgehead atoms. The fourth-order valence-electron chi connectivity index (χ4n) is 4.55. The molecule has 1 aromatic rings. The van der Waals surface area contributed by atoms with Crippen LogP contribution in [0, 0.1) is 0 Å². The normalized spacial score (nSPS) is 20.0. The van der Waals surface area contributed by atoms with E-state index in [1.54, 1.807) is 21.9 Å². The summed E-state index contributed by atoms with van der Waals surface area (Å²) in [6.45, 7) is 5.43. The van der Waals surface area contributed by atoms with Crippen LogP contribution in [0.1, 0.15) is 105 Å². The van der Waals surface area contributed by atoms with Crippen molar-refractivity contribution in [3.05, 3.63) is 33.7 Å². The second-order valence-electron chi connectivity index (χ2n) is 9.29. The molecule has 2 aliphatic rings. The zero-order chi connectivity index (χ0) is 22.4. The summed E-state index contributed by atoms with van der Waals surface area (Å²) in [6, 6.07) is 0.0466. The number of hydrogen-bond donors (Lipinski definition) is 2. The van der Waals surface area contributed by atoms with Gasteiger partial charge < -0.3 is 19.9 Å². The van der Waals surface area contributed by atoms with Gasteiger partial charge >= 0.3 is 0 Å². The monoisotopic (exact) mass is 431 g/mol. The predicted octanol–water partition coefficient (Wildman–Crippen LogP) is 3.26. The minimum atomic E-state index is -0.914. The lowest BCUT2D eigenvalue weighted by atomic mass is 9.85. The minimum Gasteiger partial charge on any atom is -0.388 e. The van der Waals surface area contributed by atoms with Crippen LogP contribution >= 0.6 is 0 Å². The molecule has 172 valence electrons. The lowest BCUT2D eigenvalue weighted by molar-refractivity contribution is 0.00523. The van der Waals surface area contributed by atoms with E-state index in [0.29, 0.717) is 25.9 Å². The Balaban J connectivity index is 1.87. The summed E-state index contributed by atoms with van der Waals surface area (Å²) in [5.41, 5.74) is -1.41. The van der Waals surface area contributed by atoms with Gasteiger partial charge in [-0.15, -0.1) is 0 Å². The van der Waals surface area contributed by atoms with Crippen LogP contribution < -0.4 is 10.7 Å². The van der Waals surface area contributed by atoms with Crippen LogP contribution in [0.2, 0.25) is 0 Å². The summed E-state index contributed by atoms with van der Waals surface area (Å²) in [4.78, 5) is 41.1. The summed E-state index contributed by atoms with van der Waals surface area (Å²) >= 11 is 0. The number of carbonyl (C=O) groups excluding carboxylic acids is 2. The van der Waals surface area contributed by atoms with Gasteiger partial charge in [0.05, 0.1) is 5.60 Å². The zero-order valence-corrected chi connectivity index (χ0v) is 19.0. The van der Waals surface area contributed by atoms with Crippen molar-refractivity contribution in [1.82, 2.24) is 14.8 Å². The molecule has 31 heavy (non-hydrogen) atoms. The number of nitrogens with one attached hydrogen (secondary N) is 1. The van der Waals surface area contributed by atoms with E-state index in [4.69, 9.17) is 0 Å². The van der Waals surface area contributed by atoms with Crippen molar-refractivity contribution in [3.8, 4) is 0 Å². The molecule has 3 rings (SSSR count). The van der Waals surface area contributed by atoms with Gasteiger partial charge in [0, 0.05) is 38.1 Å². The Morgan fingerprint density at radius 3 is 2.23 bits per heavy atom. The number of aromatic nitrogens is 1. The minimum absolute atomic E-state index is 0.0274. The summed E-state index contributed by atoms with van der Waals surface area (Å²) in [7, 11) is 0. The van der Waals surface area contributed by atoms with Crippen LogP contribution in [-0.4, -0.2) is 51.6 Å². The van der Waals surface area contributed by atoms with Gasteiger partial charge in [-0.05, 0) is 39.0 Å². The van der Waals surface area contributed by atoms with Crippen molar-refractivity contribution in [2.24, 2.45) is 0 Å². The molecule has 1 aromatic heterocycles. The fraction of sp³-hybridized carbons (Fsp3) is 0.708. The maximum Gasteiger partial charge on any atom is 0.259 e. The molecule has 2 amide bonds. The molecular formula is C24H37N3O4. The Morgan fingerprint density at radius 2 is 1.61 bits per heavy atom. The fourth-order valence-corrected chi connectivity index (χ4v) is 4.55. The second-order valence-corrected chi connectivity index (χ2v) is 9.29. The van der Waals surface area contributed by atoms with Crippen LogP contribution in [0.25, 0.3) is 0 Å². The average Bonchev–Trinajstić information content (AvgIpc) is 3.07. The smallest absolute Gasteiger partial charge is 0.259 e. The Bertz CT molecular complexity index is 834. The predicted molar refractivity (Wildman–Crippen MR) is 120 cm³/mol. The highest BCUT2D eigenvalue weighted by Crippen LogP contribution is 2.27. The first-order valence-electron chi connectivity index (χ1n) is 11.9. The molecule has 2 heterocycles. The summed E-state index contributed by atoms with van der Waals surface area (Å²) in [5, 5.41) is 13.5. The van der Waals surface area contributed by atoms with Crippen molar-refractivity contribution in [1.29, 1.82) is 0 Å². The van der Waals surface area contributed by atoms with Crippen LogP contribution in [0.4, 0.5) is 0 Å². The Morgan fingerprint density at radius 1 is 1.03 bits per heavy atom. The van der Waals surface area contributed by atoms with E-state index in [9.17, 15) is 19.5 Å². The van der Waals surface area contributed by atoms with Crippen molar-refractivity contribution in [2.75, 3.05) is 19.6 Å². The molecule has 0 radical (unpaired) electrons. The molecule has 1 atom stereocenters. The van der Waals surface area contributed by atoms with E-state index < -0.39 is 16.9 Å². The van der Waals surface area contributed by atoms with Crippen molar-refractivity contribution < 1.29 is 14.7 Å². The van der Waals surface area contributed by atoms with Crippen molar-refractivity contribution in [3.63, 3.8) is 0 Å². The van der Waals surface area contributed by atoms with Gasteiger partial charge in [0.2, 0.25) is 5.43 Å². The maximum atomic E-state index is 13.2. The standard InChI is InChI=1S/C24H37N3O4/c1-3-18(2)27-15-19(22(29)25-17-24(31)11-7-6-8-12-24)21(28)20(16-27)23(30)26-13-9-4-5-10-14-26/h15-16,18,31H,3-14,17H2,1-2H3,(H,25,29)/t18-/m0/s1. The quantitative estimate of drug-likeness (QED) is 0.723. The van der Waals surface area contributed by atoms with Crippen molar-refractivity contribution in [2.45, 2.75) is 89.7 Å². The van der Waals surface area contributed by atoms with Gasteiger partial charge in [-0.25, -0.2) is 0 Å². The molecule has 1 saturated heterocycles. The highest BCUT2D eigenvalue weighted by Gasteiger charge is 2.30. The number of pyridine rings is 1. The van der Waals surface area contributed by atoms with Gasteiger partial charge in [-0.1, -0.05) is 39.0 Å². The number of amides is 2. The van der Waals surface area contributed by atoms with Crippen LogP contribution in [0.5, 0.6) is 0 Å². The first-order valence-corrected chi connectivity index (χ1v) is 11.9. The SMILES string of the molecule is CC[C@H](C)n1cc(C(=O)NCC2(O)CCCCC2)c(=O)c(C(=O)N2CCCCCC2)c1. The van der Waals surface area contributed by atoms with Crippen LogP contribution in [0.3, 0.4) is 0 Å². The molecule has 0 unspecified atom stereocenters. The molecule has 2 fully saturated rings. The van der Waals surface area contributed by atoms with Gasteiger partial charge in [-0.2, -0.15) is 0 Å². The van der Waals surface area contributed by atoms with Gasteiger partial charge in [0.1, 0.15) is 11.1 Å². The van der Waals surface area contributed by atoms with Crippen molar-refractivity contribution >= 4 is 11.8 Å². The van der Waals surface area contributed by atoms with Gasteiger partial charge in [0.15, 0.2) is 0 Å². The third kappa shape index (κ3) is 5.76. The maximum absolute atomic E-state index is 13.2. The van der Waals surface area contributed by atoms with Crippen LogP contribution in [0.15, 0.2) is 17.2 Å². The number of carbonyl (C=O) groups is 2. The van der Waals surface area contributed by atoms with E-state index in [0.717, 1.165) is 51.4 Å². The number of hydrogen-bond acceptors (Lipinski definition) is 4. The molecule has 7 nitrogen and oxygen atoms in total. The largest absolute Gasteiger partial charge is 0.388 e. The lowest BCUT2D eigenvalue weighted by Gasteiger charge is -2.32. The molecule has 7 heteroatoms. The molecule has 1 aliphatic carbocycles. The number of aliphatic hydroxyl groups is 1. The second kappa shape index (κ2) is 10.4. The lowest BCUT2D eigenvalue weighted by Crippen LogP contribution is -2.45. The molecule has 1 aliphatic heterocycles. The average molecular weight is 432 g/mol. The molecule has 1 saturated carbocycles. The Labute approximate surface area is 184 Å². The Kier molecular flexibility index (Phi) is 7.92. The van der Waals surface area contributed by atoms with E-state index in [1.165, 1.54) is 0 Å². The topological polar surface area (TPSA) is 91.6 Å². The third-order valence-electron chi connectivity index (χ3n) is 6.88. The summed E-state index contributed by atoms with van der Waals surface area (Å²) in [5.74, 6) is -0.809. The van der Waals surface area contributed by atoms with E-state index >= 15 is 0 Å². The first-order chi connectivity index (χ1) is 14.8. The summed E-state index contributed by atoms with van der Waals surface area (Å²) < 4.78 is 1.80. The molecule has 0 aromatic carbocycles. The molecule has 2 N–H and O–H groups in total. The Hall–Kier alpha value is -2.15. The molecule has 0 spiro atoms. The van der Waals surface area contributed by atoms with Crippen LogP contribution in [-0.2, 0) is 0 Å². The van der Waals surface area contributed by atoms with E-state index in [1.807, 2.05) is 13.8 Å². The zero-order valence-electron chi connectivity index (χ0n) is 19.0. The highest BCUT2D eigenvalue weighted by molar-refractivity contribution is 5.99. The first kappa shape index (κ1) is 23.5.